The Labute approximate surface area is 132 Å². The Morgan fingerprint density at radius 3 is 2.43 bits per heavy atom. The number of nitrogen functional groups attached to an aromatic ring is 1. The van der Waals surface area contributed by atoms with Gasteiger partial charge in [0.15, 0.2) is 0 Å². The lowest BCUT2D eigenvalue weighted by Gasteiger charge is -2.23. The molecule has 2 aromatic rings. The zero-order valence-corrected chi connectivity index (χ0v) is 12.8. The Hall–Kier alpha value is -1.59. The molecule has 21 heavy (non-hydrogen) atoms. The predicted octanol–water partition coefficient (Wildman–Crippen LogP) is 3.64. The van der Waals surface area contributed by atoms with Gasteiger partial charge in [0.25, 0.3) is 0 Å². The number of nitrogens with two attached hydrogens (primary N) is 1. The van der Waals surface area contributed by atoms with E-state index in [1.54, 1.807) is 6.07 Å². The average molecular weight is 324 g/mol. The van der Waals surface area contributed by atoms with Crippen LogP contribution in [0.15, 0.2) is 18.2 Å². The fourth-order valence-corrected chi connectivity index (χ4v) is 2.80. The third-order valence-corrected chi connectivity index (χ3v) is 3.95. The summed E-state index contributed by atoms with van der Waals surface area (Å²) in [6.07, 6.45) is 3.46. The van der Waals surface area contributed by atoms with Crippen molar-refractivity contribution in [1.82, 2.24) is 15.0 Å². The molecule has 0 saturated heterocycles. The molecule has 3 N–H and O–H groups in total. The van der Waals surface area contributed by atoms with Crippen LogP contribution in [0, 0.1) is 0 Å². The van der Waals surface area contributed by atoms with Crippen molar-refractivity contribution in [3.8, 4) is 0 Å². The van der Waals surface area contributed by atoms with Gasteiger partial charge in [-0.05, 0) is 36.6 Å². The summed E-state index contributed by atoms with van der Waals surface area (Å²) in [6.45, 7) is 0.522. The average Bonchev–Trinajstić information content (AvgIpc) is 2.32. The summed E-state index contributed by atoms with van der Waals surface area (Å²) in [5.41, 5.74) is 6.70. The second-order valence-corrected chi connectivity index (χ2v) is 6.01. The van der Waals surface area contributed by atoms with Crippen LogP contribution in [-0.4, -0.2) is 15.0 Å². The molecule has 0 radical (unpaired) electrons. The Morgan fingerprint density at radius 1 is 1.10 bits per heavy atom. The third-order valence-electron chi connectivity index (χ3n) is 3.51. The lowest BCUT2D eigenvalue weighted by atomic mass is 9.85. The summed E-state index contributed by atoms with van der Waals surface area (Å²) in [5, 5.41) is 4.34. The van der Waals surface area contributed by atoms with Crippen molar-refractivity contribution in [2.45, 2.75) is 31.7 Å². The summed E-state index contributed by atoms with van der Waals surface area (Å²) in [7, 11) is 0. The Kier molecular flexibility index (Phi) is 4.12. The summed E-state index contributed by atoms with van der Waals surface area (Å²) < 4.78 is 0. The molecule has 1 heterocycles. The quantitative estimate of drug-likeness (QED) is 0.898. The minimum atomic E-state index is 0.249. The van der Waals surface area contributed by atoms with Crippen molar-refractivity contribution < 1.29 is 0 Å². The number of anilines is 2. The van der Waals surface area contributed by atoms with E-state index in [4.69, 9.17) is 28.9 Å². The van der Waals surface area contributed by atoms with Crippen molar-refractivity contribution >= 4 is 35.1 Å². The second-order valence-electron chi connectivity index (χ2n) is 5.13. The van der Waals surface area contributed by atoms with Crippen LogP contribution < -0.4 is 11.1 Å². The van der Waals surface area contributed by atoms with Crippen molar-refractivity contribution in [1.29, 1.82) is 0 Å². The first-order chi connectivity index (χ1) is 10.1. The number of hydrogen-bond donors (Lipinski definition) is 2. The molecule has 3 rings (SSSR count). The van der Waals surface area contributed by atoms with Crippen molar-refractivity contribution in [2.24, 2.45) is 0 Å². The second kappa shape index (κ2) is 6.03. The lowest BCUT2D eigenvalue weighted by molar-refractivity contribution is 0.401. The highest BCUT2D eigenvalue weighted by Crippen LogP contribution is 2.34. The maximum absolute atomic E-state index is 5.98. The fraction of sp³-hybridized carbons (Fsp3) is 0.357. The number of rotatable bonds is 4. The molecule has 1 saturated carbocycles. The smallest absolute Gasteiger partial charge is 0.228 e. The van der Waals surface area contributed by atoms with Gasteiger partial charge in [0.1, 0.15) is 5.82 Å². The van der Waals surface area contributed by atoms with Crippen LogP contribution in [0.3, 0.4) is 0 Å². The van der Waals surface area contributed by atoms with Gasteiger partial charge in [-0.15, -0.1) is 0 Å². The van der Waals surface area contributed by atoms with E-state index >= 15 is 0 Å². The first kappa shape index (κ1) is 14.4. The number of nitrogens with zero attached hydrogens (tertiary/aromatic N) is 3. The third kappa shape index (κ3) is 3.54. The highest BCUT2D eigenvalue weighted by molar-refractivity contribution is 6.34. The van der Waals surface area contributed by atoms with E-state index in [0.717, 1.165) is 24.2 Å². The molecule has 0 atom stereocenters. The summed E-state index contributed by atoms with van der Waals surface area (Å²) >= 11 is 12.0. The lowest BCUT2D eigenvalue weighted by Crippen LogP contribution is -2.16. The van der Waals surface area contributed by atoms with Gasteiger partial charge in [-0.3, -0.25) is 0 Å². The van der Waals surface area contributed by atoms with Crippen molar-refractivity contribution in [2.75, 3.05) is 11.1 Å². The van der Waals surface area contributed by atoms with Crippen molar-refractivity contribution in [3.05, 3.63) is 39.6 Å². The maximum Gasteiger partial charge on any atom is 0.228 e. The number of halogens is 2. The van der Waals surface area contributed by atoms with Crippen LogP contribution in [0.5, 0.6) is 0 Å². The van der Waals surface area contributed by atoms with Crippen molar-refractivity contribution in [3.63, 3.8) is 0 Å². The molecular formula is C14H15Cl2N5. The minimum Gasteiger partial charge on any atom is -0.368 e. The van der Waals surface area contributed by atoms with E-state index in [-0.39, 0.29) is 5.95 Å². The number of hydrogen-bond acceptors (Lipinski definition) is 5. The van der Waals surface area contributed by atoms with Crippen LogP contribution in [-0.2, 0) is 6.54 Å². The SMILES string of the molecule is Nc1nc(NCc2cc(Cl)cc(Cl)c2)nc(C2CCC2)n1. The summed E-state index contributed by atoms with van der Waals surface area (Å²) in [6, 6.07) is 5.39. The molecule has 1 aliphatic carbocycles. The molecule has 0 unspecified atom stereocenters. The standard InChI is InChI=1S/C14H15Cl2N5/c15-10-4-8(5-11(16)6-10)7-18-14-20-12(9-2-1-3-9)19-13(17)21-14/h4-6,9H,1-3,7H2,(H3,17,18,19,20,21). The largest absolute Gasteiger partial charge is 0.368 e. The molecule has 7 heteroatoms. The Morgan fingerprint density at radius 2 is 1.81 bits per heavy atom. The zero-order valence-electron chi connectivity index (χ0n) is 11.3. The van der Waals surface area contributed by atoms with Crippen LogP contribution in [0.1, 0.15) is 36.6 Å². The van der Waals surface area contributed by atoms with E-state index in [1.165, 1.54) is 6.42 Å². The molecule has 1 aromatic heterocycles. The predicted molar refractivity (Wildman–Crippen MR) is 84.6 cm³/mol. The molecule has 5 nitrogen and oxygen atoms in total. The van der Waals surface area contributed by atoms with Gasteiger partial charge in [0, 0.05) is 22.5 Å². The van der Waals surface area contributed by atoms with Gasteiger partial charge in [-0.25, -0.2) is 0 Å². The van der Waals surface area contributed by atoms with Crippen LogP contribution in [0.4, 0.5) is 11.9 Å². The highest BCUT2D eigenvalue weighted by Gasteiger charge is 2.23. The van der Waals surface area contributed by atoms with Gasteiger partial charge < -0.3 is 11.1 Å². The molecule has 110 valence electrons. The van der Waals surface area contributed by atoms with Gasteiger partial charge in [-0.1, -0.05) is 29.6 Å². The molecule has 0 amide bonds. The van der Waals surface area contributed by atoms with Crippen LogP contribution in [0.25, 0.3) is 0 Å². The Bertz CT molecular complexity index is 638. The normalized spacial score (nSPS) is 14.8. The first-order valence-electron chi connectivity index (χ1n) is 6.80. The molecule has 0 spiro atoms. The zero-order chi connectivity index (χ0) is 14.8. The Balaban J connectivity index is 1.73. The molecule has 1 aromatic carbocycles. The molecule has 0 aliphatic heterocycles. The van der Waals surface area contributed by atoms with Crippen LogP contribution in [0.2, 0.25) is 10.0 Å². The first-order valence-corrected chi connectivity index (χ1v) is 7.56. The fourth-order valence-electron chi connectivity index (χ4n) is 2.23. The van der Waals surface area contributed by atoms with E-state index in [1.807, 2.05) is 12.1 Å². The van der Waals surface area contributed by atoms with Gasteiger partial charge >= 0.3 is 0 Å². The van der Waals surface area contributed by atoms with Gasteiger partial charge in [0.05, 0.1) is 0 Å². The van der Waals surface area contributed by atoms with Gasteiger partial charge in [0.2, 0.25) is 11.9 Å². The highest BCUT2D eigenvalue weighted by atomic mass is 35.5. The summed E-state index contributed by atoms with van der Waals surface area (Å²) in [5.74, 6) is 1.93. The van der Waals surface area contributed by atoms with E-state index in [2.05, 4.69) is 20.3 Å². The van der Waals surface area contributed by atoms with Crippen LogP contribution >= 0.6 is 23.2 Å². The van der Waals surface area contributed by atoms with E-state index in [0.29, 0.717) is 28.5 Å². The number of benzene rings is 1. The molecule has 0 bridgehead atoms. The maximum atomic E-state index is 5.98. The minimum absolute atomic E-state index is 0.249. The van der Waals surface area contributed by atoms with E-state index < -0.39 is 0 Å². The summed E-state index contributed by atoms with van der Waals surface area (Å²) in [4.78, 5) is 12.8. The van der Waals surface area contributed by atoms with Gasteiger partial charge in [-0.2, -0.15) is 15.0 Å². The molecular weight excluding hydrogens is 309 g/mol. The number of nitrogens with one attached hydrogen (secondary N) is 1. The molecule has 1 aliphatic rings. The monoisotopic (exact) mass is 323 g/mol. The van der Waals surface area contributed by atoms with E-state index in [9.17, 15) is 0 Å². The topological polar surface area (TPSA) is 76.7 Å². The number of aromatic nitrogens is 3. The molecule has 1 fully saturated rings.